The fourth-order valence-electron chi connectivity index (χ4n) is 4.12. The molecule has 2 aliphatic rings. The van der Waals surface area contributed by atoms with Gasteiger partial charge in [-0.05, 0) is 54.2 Å². The number of rotatable bonds is 4. The molecule has 1 fully saturated rings. The maximum Gasteiger partial charge on any atom is 0.252 e. The average Bonchev–Trinajstić information content (AvgIpc) is 3.36. The van der Waals surface area contributed by atoms with Gasteiger partial charge in [-0.1, -0.05) is 24.3 Å². The van der Waals surface area contributed by atoms with Crippen LogP contribution in [-0.2, 0) is 11.2 Å². The minimum Gasteiger partial charge on any atom is -0.352 e. The number of hydrogen-bond acceptors (Lipinski definition) is 3. The lowest BCUT2D eigenvalue weighted by molar-refractivity contribution is -0.134. The summed E-state index contributed by atoms with van der Waals surface area (Å²) in [4.78, 5) is 27.0. The van der Waals surface area contributed by atoms with Crippen molar-refractivity contribution in [3.8, 4) is 0 Å². The maximum absolute atomic E-state index is 12.9. The van der Waals surface area contributed by atoms with Crippen LogP contribution < -0.4 is 5.32 Å². The third-order valence-electron chi connectivity index (χ3n) is 5.69. The Morgan fingerprint density at radius 3 is 2.69 bits per heavy atom. The van der Waals surface area contributed by atoms with Crippen molar-refractivity contribution in [3.63, 3.8) is 0 Å². The number of amides is 2. The van der Waals surface area contributed by atoms with Crippen molar-refractivity contribution < 1.29 is 9.59 Å². The fourth-order valence-corrected chi connectivity index (χ4v) is 4.76. The zero-order valence-electron chi connectivity index (χ0n) is 14.8. The molecule has 1 aliphatic heterocycles. The topological polar surface area (TPSA) is 49.4 Å². The van der Waals surface area contributed by atoms with Gasteiger partial charge in [0, 0.05) is 30.6 Å². The van der Waals surface area contributed by atoms with E-state index in [4.69, 9.17) is 0 Å². The average molecular weight is 369 g/mol. The van der Waals surface area contributed by atoms with Crippen LogP contribution in [0.2, 0.25) is 0 Å². The Hall–Kier alpha value is -2.14. The predicted molar refractivity (Wildman–Crippen MR) is 103 cm³/mol. The summed E-state index contributed by atoms with van der Waals surface area (Å²) in [5.41, 5.74) is 3.29. The summed E-state index contributed by atoms with van der Waals surface area (Å²) < 4.78 is 0. The van der Waals surface area contributed by atoms with Crippen molar-refractivity contribution in [1.82, 2.24) is 10.2 Å². The number of nitrogens with one attached hydrogen (secondary N) is 1. The molecule has 1 aliphatic carbocycles. The molecule has 2 aromatic rings. The molecule has 4 nitrogen and oxygen atoms in total. The van der Waals surface area contributed by atoms with Crippen LogP contribution >= 0.6 is 11.3 Å². The Bertz CT molecular complexity index is 779. The quantitative estimate of drug-likeness (QED) is 0.899. The molecule has 0 bridgehead atoms. The molecule has 0 spiro atoms. The number of benzene rings is 1. The third kappa shape index (κ3) is 3.54. The van der Waals surface area contributed by atoms with Gasteiger partial charge in [-0.2, -0.15) is 11.3 Å². The minimum atomic E-state index is 0.00678. The number of aryl methyl sites for hydroxylation is 1. The van der Waals surface area contributed by atoms with Crippen molar-refractivity contribution in [2.75, 3.05) is 19.6 Å². The molecule has 2 heterocycles. The van der Waals surface area contributed by atoms with Crippen LogP contribution in [0.15, 0.2) is 41.1 Å². The highest BCUT2D eigenvalue weighted by Crippen LogP contribution is 2.35. The second-order valence-corrected chi connectivity index (χ2v) is 8.06. The van der Waals surface area contributed by atoms with Gasteiger partial charge in [0.15, 0.2) is 0 Å². The normalized spacial score (nSPS) is 20.0. The molecule has 2 amide bonds. The fraction of sp³-hybridized carbons (Fsp3) is 0.429. The number of carbonyl (C=O) groups is 2. The van der Waals surface area contributed by atoms with E-state index in [2.05, 4.69) is 23.5 Å². The lowest BCUT2D eigenvalue weighted by Crippen LogP contribution is -2.43. The molecule has 1 N–H and O–H groups in total. The standard InChI is InChI=1S/C21H24N2O2S/c24-20(17-9-12-26-14-17)22-13-15-7-10-23(11-8-15)21(25)19-6-5-16-3-1-2-4-18(16)19/h1-4,9,12,14-15,19H,5-8,10-11,13H2,(H,22,24). The summed E-state index contributed by atoms with van der Waals surface area (Å²) in [5, 5.41) is 6.82. The molecule has 1 aromatic carbocycles. The zero-order chi connectivity index (χ0) is 17.9. The molecule has 5 heteroatoms. The Balaban J connectivity index is 1.27. The molecule has 0 radical (unpaired) electrons. The van der Waals surface area contributed by atoms with Gasteiger partial charge in [-0.15, -0.1) is 0 Å². The number of piperidine rings is 1. The van der Waals surface area contributed by atoms with Gasteiger partial charge in [-0.25, -0.2) is 0 Å². The summed E-state index contributed by atoms with van der Waals surface area (Å²) in [7, 11) is 0. The maximum atomic E-state index is 12.9. The van der Waals surface area contributed by atoms with Gasteiger partial charge in [-0.3, -0.25) is 9.59 Å². The van der Waals surface area contributed by atoms with Crippen LogP contribution in [0.1, 0.15) is 46.7 Å². The van der Waals surface area contributed by atoms with Crippen LogP contribution in [0.4, 0.5) is 0 Å². The molecule has 1 atom stereocenters. The lowest BCUT2D eigenvalue weighted by Gasteiger charge is -2.33. The first-order valence-electron chi connectivity index (χ1n) is 9.39. The molecule has 1 aromatic heterocycles. The van der Waals surface area contributed by atoms with Gasteiger partial charge in [0.1, 0.15) is 0 Å². The summed E-state index contributed by atoms with van der Waals surface area (Å²) in [5.74, 6) is 0.793. The molecule has 136 valence electrons. The predicted octanol–water partition coefficient (Wildman–Crippen LogP) is 3.45. The Labute approximate surface area is 158 Å². The van der Waals surface area contributed by atoms with Crippen LogP contribution in [0, 0.1) is 5.92 Å². The Morgan fingerprint density at radius 1 is 1.12 bits per heavy atom. The molecule has 0 saturated carbocycles. The minimum absolute atomic E-state index is 0.00678. The summed E-state index contributed by atoms with van der Waals surface area (Å²) in [6.45, 7) is 2.30. The first kappa shape index (κ1) is 17.3. The van der Waals surface area contributed by atoms with Gasteiger partial charge < -0.3 is 10.2 Å². The number of fused-ring (bicyclic) bond motifs is 1. The van der Waals surface area contributed by atoms with E-state index < -0.39 is 0 Å². The first-order valence-corrected chi connectivity index (χ1v) is 10.3. The van der Waals surface area contributed by atoms with E-state index in [0.29, 0.717) is 12.5 Å². The van der Waals surface area contributed by atoms with Gasteiger partial charge >= 0.3 is 0 Å². The van der Waals surface area contributed by atoms with Crippen molar-refractivity contribution in [2.24, 2.45) is 5.92 Å². The monoisotopic (exact) mass is 368 g/mol. The van der Waals surface area contributed by atoms with Crippen molar-refractivity contribution in [3.05, 3.63) is 57.8 Å². The van der Waals surface area contributed by atoms with Crippen molar-refractivity contribution in [2.45, 2.75) is 31.6 Å². The molecule has 1 unspecified atom stereocenters. The number of likely N-dealkylation sites (tertiary alicyclic amines) is 1. The summed E-state index contributed by atoms with van der Waals surface area (Å²) >= 11 is 1.54. The highest BCUT2D eigenvalue weighted by Gasteiger charge is 2.33. The van der Waals surface area contributed by atoms with Crippen LogP contribution in [0.5, 0.6) is 0 Å². The second kappa shape index (κ2) is 7.62. The number of carbonyl (C=O) groups excluding carboxylic acids is 2. The van der Waals surface area contributed by atoms with E-state index in [0.717, 1.165) is 44.3 Å². The highest BCUT2D eigenvalue weighted by atomic mass is 32.1. The largest absolute Gasteiger partial charge is 0.352 e. The molecular formula is C21H24N2O2S. The zero-order valence-corrected chi connectivity index (χ0v) is 15.6. The van der Waals surface area contributed by atoms with Gasteiger partial charge in [0.05, 0.1) is 5.92 Å². The van der Waals surface area contributed by atoms with Crippen LogP contribution in [-0.4, -0.2) is 36.3 Å². The number of thiophene rings is 1. The van der Waals surface area contributed by atoms with Crippen LogP contribution in [0.3, 0.4) is 0 Å². The number of nitrogens with zero attached hydrogens (tertiary/aromatic N) is 1. The molecular weight excluding hydrogens is 344 g/mol. The molecule has 26 heavy (non-hydrogen) atoms. The van der Waals surface area contributed by atoms with E-state index in [1.807, 2.05) is 27.8 Å². The van der Waals surface area contributed by atoms with Gasteiger partial charge in [0.25, 0.3) is 5.91 Å². The summed E-state index contributed by atoms with van der Waals surface area (Å²) in [6.07, 6.45) is 3.88. The Morgan fingerprint density at radius 2 is 1.92 bits per heavy atom. The lowest BCUT2D eigenvalue weighted by atomic mass is 9.94. The van der Waals surface area contributed by atoms with E-state index in [-0.39, 0.29) is 17.7 Å². The third-order valence-corrected chi connectivity index (χ3v) is 6.38. The van der Waals surface area contributed by atoms with E-state index in [9.17, 15) is 9.59 Å². The van der Waals surface area contributed by atoms with Crippen LogP contribution in [0.25, 0.3) is 0 Å². The second-order valence-electron chi connectivity index (χ2n) is 7.28. The molecule has 1 saturated heterocycles. The van der Waals surface area contributed by atoms with Gasteiger partial charge in [0.2, 0.25) is 5.91 Å². The van der Waals surface area contributed by atoms with Crippen molar-refractivity contribution >= 4 is 23.2 Å². The molecule has 4 rings (SSSR count). The summed E-state index contributed by atoms with van der Waals surface area (Å²) in [6, 6.07) is 10.2. The smallest absolute Gasteiger partial charge is 0.252 e. The SMILES string of the molecule is O=C(NCC1CCN(C(=O)C2CCc3ccccc32)CC1)c1ccsc1. The highest BCUT2D eigenvalue weighted by molar-refractivity contribution is 7.08. The van der Waals surface area contributed by atoms with E-state index in [1.54, 1.807) is 0 Å². The number of hydrogen-bond donors (Lipinski definition) is 1. The Kier molecular flexibility index (Phi) is 5.07. The van der Waals surface area contributed by atoms with E-state index in [1.165, 1.54) is 22.5 Å². The van der Waals surface area contributed by atoms with Crippen molar-refractivity contribution in [1.29, 1.82) is 0 Å². The van der Waals surface area contributed by atoms with E-state index >= 15 is 0 Å². The first-order chi connectivity index (χ1) is 12.7.